The molecule has 0 bridgehead atoms. The average Bonchev–Trinajstić information content (AvgIpc) is 2.48. The number of aryl methyl sites for hydroxylation is 1. The van der Waals surface area contributed by atoms with Gasteiger partial charge in [-0.2, -0.15) is 0 Å². The van der Waals surface area contributed by atoms with Gasteiger partial charge in [-0.05, 0) is 43.4 Å². The van der Waals surface area contributed by atoms with Gasteiger partial charge >= 0.3 is 11.9 Å². The predicted molar refractivity (Wildman–Crippen MR) is 86.4 cm³/mol. The average molecular weight is 302 g/mol. The molecule has 0 amide bonds. The molecule has 1 aliphatic carbocycles. The Morgan fingerprint density at radius 3 is 2.23 bits per heavy atom. The summed E-state index contributed by atoms with van der Waals surface area (Å²) in [5, 5.41) is 17.3. The van der Waals surface area contributed by atoms with E-state index in [2.05, 4.69) is 32.1 Å². The molecule has 118 valence electrons. The zero-order valence-electron chi connectivity index (χ0n) is 13.2. The highest BCUT2D eigenvalue weighted by Gasteiger charge is 2.10. The summed E-state index contributed by atoms with van der Waals surface area (Å²) in [7, 11) is 0. The molecular formula is C18H22O4. The van der Waals surface area contributed by atoms with E-state index < -0.39 is 11.9 Å². The molecule has 0 radical (unpaired) electrons. The summed E-state index contributed by atoms with van der Waals surface area (Å²) in [5.74, 6) is -1.49. The van der Waals surface area contributed by atoms with Crippen LogP contribution in [0.4, 0.5) is 0 Å². The van der Waals surface area contributed by atoms with Crippen molar-refractivity contribution in [3.8, 4) is 0 Å². The molecular weight excluding hydrogens is 280 g/mol. The molecule has 22 heavy (non-hydrogen) atoms. The number of allylic oxidation sites excluding steroid dienone is 4. The molecule has 1 aromatic carbocycles. The molecule has 0 atom stereocenters. The first-order valence-corrected chi connectivity index (χ1v) is 7.25. The third-order valence-corrected chi connectivity index (χ3v) is 3.50. The molecule has 0 spiro atoms. The summed E-state index contributed by atoms with van der Waals surface area (Å²) in [4.78, 5) is 21.1. The van der Waals surface area contributed by atoms with E-state index in [1.807, 2.05) is 0 Å². The number of carbonyl (C=O) groups is 2. The van der Waals surface area contributed by atoms with Crippen molar-refractivity contribution in [3.05, 3.63) is 58.7 Å². The third-order valence-electron chi connectivity index (χ3n) is 3.50. The smallest absolute Gasteiger partial charge is 0.335 e. The molecule has 0 saturated carbocycles. The van der Waals surface area contributed by atoms with Gasteiger partial charge in [0.2, 0.25) is 0 Å². The quantitative estimate of drug-likeness (QED) is 0.872. The van der Waals surface area contributed by atoms with Gasteiger partial charge in [-0.3, -0.25) is 0 Å². The Balaban J connectivity index is 0.000000235. The van der Waals surface area contributed by atoms with Gasteiger partial charge in [-0.25, -0.2) is 9.59 Å². The number of carboxylic acid groups (broad SMARTS) is 2. The first-order chi connectivity index (χ1) is 10.3. The summed E-state index contributed by atoms with van der Waals surface area (Å²) < 4.78 is 0. The second-order valence-electron chi connectivity index (χ2n) is 5.50. The Morgan fingerprint density at radius 2 is 1.82 bits per heavy atom. The minimum absolute atomic E-state index is 0.0111. The molecule has 0 aliphatic heterocycles. The molecule has 1 aliphatic rings. The van der Waals surface area contributed by atoms with Gasteiger partial charge < -0.3 is 10.2 Å². The first kappa shape index (κ1) is 17.7. The minimum atomic E-state index is -1.12. The summed E-state index contributed by atoms with van der Waals surface area (Å²) in [6.07, 6.45) is 9.15. The highest BCUT2D eigenvalue weighted by molar-refractivity contribution is 5.94. The SMILES string of the molecule is CC(C)C1=CC=CCC1.Cc1ccc(C(=O)O)cc1C(=O)O. The molecule has 2 rings (SSSR count). The van der Waals surface area contributed by atoms with Gasteiger partial charge in [-0.15, -0.1) is 0 Å². The van der Waals surface area contributed by atoms with Crippen LogP contribution >= 0.6 is 0 Å². The fourth-order valence-corrected chi connectivity index (χ4v) is 2.09. The van der Waals surface area contributed by atoms with Crippen LogP contribution in [0.1, 0.15) is 53.0 Å². The number of benzene rings is 1. The van der Waals surface area contributed by atoms with E-state index in [9.17, 15) is 9.59 Å². The van der Waals surface area contributed by atoms with Crippen LogP contribution < -0.4 is 0 Å². The van der Waals surface area contributed by atoms with Crippen molar-refractivity contribution in [1.29, 1.82) is 0 Å². The summed E-state index contributed by atoms with van der Waals surface area (Å²) in [5.41, 5.74) is 2.16. The van der Waals surface area contributed by atoms with Crippen LogP contribution in [0.5, 0.6) is 0 Å². The lowest BCUT2D eigenvalue weighted by molar-refractivity contribution is 0.0695. The maximum absolute atomic E-state index is 10.6. The van der Waals surface area contributed by atoms with Gasteiger partial charge in [-0.1, -0.05) is 43.7 Å². The summed E-state index contributed by atoms with van der Waals surface area (Å²) >= 11 is 0. The summed E-state index contributed by atoms with van der Waals surface area (Å²) in [6.45, 7) is 6.13. The third kappa shape index (κ3) is 5.20. The number of rotatable bonds is 3. The summed E-state index contributed by atoms with van der Waals surface area (Å²) in [6, 6.07) is 4.01. The number of carboxylic acids is 2. The molecule has 0 fully saturated rings. The van der Waals surface area contributed by atoms with Gasteiger partial charge in [0.25, 0.3) is 0 Å². The largest absolute Gasteiger partial charge is 0.478 e. The second kappa shape index (κ2) is 8.17. The van der Waals surface area contributed by atoms with Crippen LogP contribution in [0, 0.1) is 12.8 Å². The van der Waals surface area contributed by atoms with Crippen molar-refractivity contribution in [2.75, 3.05) is 0 Å². The van der Waals surface area contributed by atoms with Crippen LogP contribution in [0.15, 0.2) is 42.0 Å². The minimum Gasteiger partial charge on any atom is -0.478 e. The predicted octanol–water partition coefficient (Wildman–Crippen LogP) is 4.31. The number of hydrogen-bond acceptors (Lipinski definition) is 2. The van der Waals surface area contributed by atoms with Crippen molar-refractivity contribution in [3.63, 3.8) is 0 Å². The first-order valence-electron chi connectivity index (χ1n) is 7.25. The van der Waals surface area contributed by atoms with Gasteiger partial charge in [0, 0.05) is 0 Å². The van der Waals surface area contributed by atoms with Gasteiger partial charge in [0.05, 0.1) is 11.1 Å². The second-order valence-corrected chi connectivity index (χ2v) is 5.50. The monoisotopic (exact) mass is 302 g/mol. The molecule has 0 unspecified atom stereocenters. The number of aromatic carboxylic acids is 2. The highest BCUT2D eigenvalue weighted by atomic mass is 16.4. The standard InChI is InChI=1S/C9H8O4.C9H14/c1-5-2-3-6(8(10)11)4-7(5)9(12)13;1-8(2)9-6-4-3-5-7-9/h2-4H,1H3,(H,10,11)(H,12,13);3-4,6,8H,5,7H2,1-2H3. The van der Waals surface area contributed by atoms with Crippen molar-refractivity contribution in [2.24, 2.45) is 5.92 Å². The van der Waals surface area contributed by atoms with E-state index >= 15 is 0 Å². The van der Waals surface area contributed by atoms with Crippen LogP contribution in [-0.2, 0) is 0 Å². The van der Waals surface area contributed by atoms with E-state index in [0.29, 0.717) is 5.56 Å². The molecule has 0 saturated heterocycles. The van der Waals surface area contributed by atoms with Crippen molar-refractivity contribution >= 4 is 11.9 Å². The van der Waals surface area contributed by atoms with Crippen molar-refractivity contribution < 1.29 is 19.8 Å². The Labute approximate surface area is 130 Å². The molecule has 4 heteroatoms. The Bertz CT molecular complexity index is 610. The molecule has 0 aromatic heterocycles. The Kier molecular flexibility index (Phi) is 6.57. The normalized spacial score (nSPS) is 13.2. The molecule has 0 heterocycles. The van der Waals surface area contributed by atoms with Crippen LogP contribution in [0.25, 0.3) is 0 Å². The van der Waals surface area contributed by atoms with E-state index in [1.54, 1.807) is 12.5 Å². The van der Waals surface area contributed by atoms with Crippen molar-refractivity contribution in [1.82, 2.24) is 0 Å². The maximum atomic E-state index is 10.6. The maximum Gasteiger partial charge on any atom is 0.335 e. The van der Waals surface area contributed by atoms with Crippen LogP contribution in [0.3, 0.4) is 0 Å². The van der Waals surface area contributed by atoms with E-state index in [0.717, 1.165) is 12.0 Å². The highest BCUT2D eigenvalue weighted by Crippen LogP contribution is 2.19. The van der Waals surface area contributed by atoms with Gasteiger partial charge in [0.1, 0.15) is 0 Å². The fraction of sp³-hybridized carbons (Fsp3) is 0.333. The lowest BCUT2D eigenvalue weighted by Crippen LogP contribution is -2.03. The fourth-order valence-electron chi connectivity index (χ4n) is 2.09. The lowest BCUT2D eigenvalue weighted by atomic mass is 9.95. The van der Waals surface area contributed by atoms with Crippen LogP contribution in [-0.4, -0.2) is 22.2 Å². The van der Waals surface area contributed by atoms with E-state index in [-0.39, 0.29) is 11.1 Å². The lowest BCUT2D eigenvalue weighted by Gasteiger charge is -2.11. The van der Waals surface area contributed by atoms with E-state index in [1.165, 1.54) is 25.0 Å². The zero-order valence-corrected chi connectivity index (χ0v) is 13.2. The van der Waals surface area contributed by atoms with E-state index in [4.69, 9.17) is 10.2 Å². The zero-order chi connectivity index (χ0) is 16.7. The Hall–Kier alpha value is -2.36. The van der Waals surface area contributed by atoms with Gasteiger partial charge in [0.15, 0.2) is 0 Å². The van der Waals surface area contributed by atoms with Crippen molar-refractivity contribution in [2.45, 2.75) is 33.6 Å². The Morgan fingerprint density at radius 1 is 1.14 bits per heavy atom. The molecule has 4 nitrogen and oxygen atoms in total. The molecule has 2 N–H and O–H groups in total. The number of hydrogen-bond donors (Lipinski definition) is 2. The topological polar surface area (TPSA) is 74.6 Å². The van der Waals surface area contributed by atoms with Crippen LogP contribution in [0.2, 0.25) is 0 Å². The molecule has 1 aromatic rings.